The van der Waals surface area contributed by atoms with Gasteiger partial charge in [0.2, 0.25) is 5.91 Å². The number of amides is 1. The van der Waals surface area contributed by atoms with Crippen LogP contribution in [-0.2, 0) is 11.2 Å². The number of carbonyl (C=O) groups excluding carboxylic acids is 1. The monoisotopic (exact) mass is 266 g/mol. The first-order valence-electron chi connectivity index (χ1n) is 6.46. The fourth-order valence-corrected chi connectivity index (χ4v) is 2.22. The summed E-state index contributed by atoms with van der Waals surface area (Å²) >= 11 is 0. The summed E-state index contributed by atoms with van der Waals surface area (Å²) in [6, 6.07) is 5.00. The van der Waals surface area contributed by atoms with E-state index in [9.17, 15) is 9.18 Å². The highest BCUT2D eigenvalue weighted by Crippen LogP contribution is 2.25. The Bertz CT molecular complexity index is 459. The van der Waals surface area contributed by atoms with Gasteiger partial charge in [-0.25, -0.2) is 4.39 Å². The topological polar surface area (TPSA) is 64.3 Å². The minimum atomic E-state index is -0.378. The fraction of sp³-hybridized carbons (Fsp3) is 0.500. The van der Waals surface area contributed by atoms with Gasteiger partial charge >= 0.3 is 0 Å². The van der Waals surface area contributed by atoms with E-state index < -0.39 is 0 Å². The lowest BCUT2D eigenvalue weighted by Crippen LogP contribution is -2.45. The Hall–Kier alpha value is -1.62. The summed E-state index contributed by atoms with van der Waals surface area (Å²) in [7, 11) is 1.43. The van der Waals surface area contributed by atoms with Crippen molar-refractivity contribution in [1.29, 1.82) is 0 Å². The molecule has 0 bridgehead atoms. The van der Waals surface area contributed by atoms with Crippen LogP contribution in [0.5, 0.6) is 5.75 Å². The highest BCUT2D eigenvalue weighted by molar-refractivity contribution is 5.79. The first-order chi connectivity index (χ1) is 9.10. The van der Waals surface area contributed by atoms with E-state index in [0.29, 0.717) is 13.0 Å². The molecular weight excluding hydrogens is 247 g/mol. The molecule has 1 aromatic carbocycles. The minimum Gasteiger partial charge on any atom is -0.494 e. The third-order valence-corrected chi connectivity index (χ3v) is 3.47. The minimum absolute atomic E-state index is 0.0516. The van der Waals surface area contributed by atoms with E-state index in [-0.39, 0.29) is 29.4 Å². The molecule has 1 aliphatic carbocycles. The van der Waals surface area contributed by atoms with Crippen LogP contribution in [0.3, 0.4) is 0 Å². The van der Waals surface area contributed by atoms with E-state index in [1.807, 2.05) is 0 Å². The second kappa shape index (κ2) is 6.02. The molecule has 1 aromatic rings. The molecule has 4 nitrogen and oxygen atoms in total. The van der Waals surface area contributed by atoms with Crippen molar-refractivity contribution in [2.24, 2.45) is 11.7 Å². The maximum absolute atomic E-state index is 13.4. The summed E-state index contributed by atoms with van der Waals surface area (Å²) in [5, 5.41) is 2.85. The molecule has 0 spiro atoms. The van der Waals surface area contributed by atoms with Gasteiger partial charge in [-0.15, -0.1) is 0 Å². The van der Waals surface area contributed by atoms with Gasteiger partial charge in [-0.05, 0) is 37.0 Å². The van der Waals surface area contributed by atoms with Crippen LogP contribution in [0, 0.1) is 11.7 Å². The lowest BCUT2D eigenvalue weighted by Gasteiger charge is -2.31. The lowest BCUT2D eigenvalue weighted by atomic mass is 9.80. The Labute approximate surface area is 112 Å². The summed E-state index contributed by atoms with van der Waals surface area (Å²) in [4.78, 5) is 11.7. The van der Waals surface area contributed by atoms with Crippen molar-refractivity contribution in [3.63, 3.8) is 0 Å². The molecule has 1 fully saturated rings. The van der Waals surface area contributed by atoms with Crippen molar-refractivity contribution in [1.82, 2.24) is 5.32 Å². The number of hydrogen-bond donors (Lipinski definition) is 2. The number of carbonyl (C=O) groups is 1. The quantitative estimate of drug-likeness (QED) is 0.842. The number of nitrogens with one attached hydrogen (secondary N) is 1. The second-order valence-corrected chi connectivity index (χ2v) is 4.94. The predicted molar refractivity (Wildman–Crippen MR) is 70.4 cm³/mol. The van der Waals surface area contributed by atoms with Crippen LogP contribution >= 0.6 is 0 Å². The standard InChI is InChI=1S/C14H19FN2O2/c1-19-13-3-2-9(6-12(13)15)4-5-17-14(18)10-7-11(16)8-10/h2-3,6,10-11H,4-5,7-8,16H2,1H3,(H,17,18). The fourth-order valence-electron chi connectivity index (χ4n) is 2.22. The summed E-state index contributed by atoms with van der Waals surface area (Å²) in [5.74, 6) is -0.0363. The predicted octanol–water partition coefficient (Wildman–Crippen LogP) is 1.23. The molecule has 3 N–H and O–H groups in total. The molecule has 0 radical (unpaired) electrons. The molecule has 0 aliphatic heterocycles. The van der Waals surface area contributed by atoms with Gasteiger partial charge in [0.1, 0.15) is 0 Å². The van der Waals surface area contributed by atoms with Gasteiger partial charge in [0.05, 0.1) is 7.11 Å². The van der Waals surface area contributed by atoms with E-state index in [0.717, 1.165) is 18.4 Å². The van der Waals surface area contributed by atoms with Crippen molar-refractivity contribution in [3.8, 4) is 5.75 Å². The van der Waals surface area contributed by atoms with Gasteiger partial charge in [-0.2, -0.15) is 0 Å². The van der Waals surface area contributed by atoms with Crippen LogP contribution < -0.4 is 15.8 Å². The van der Waals surface area contributed by atoms with Gasteiger partial charge in [0.25, 0.3) is 0 Å². The van der Waals surface area contributed by atoms with Crippen LogP contribution in [-0.4, -0.2) is 25.6 Å². The molecule has 0 atom stereocenters. The van der Waals surface area contributed by atoms with E-state index in [1.165, 1.54) is 13.2 Å². The molecule has 0 saturated heterocycles. The highest BCUT2D eigenvalue weighted by Gasteiger charge is 2.31. The van der Waals surface area contributed by atoms with Crippen LogP contribution in [0.2, 0.25) is 0 Å². The molecule has 0 unspecified atom stereocenters. The van der Waals surface area contributed by atoms with Crippen molar-refractivity contribution < 1.29 is 13.9 Å². The summed E-state index contributed by atoms with van der Waals surface area (Å²) in [6.45, 7) is 0.510. The molecule has 1 amide bonds. The van der Waals surface area contributed by atoms with Crippen molar-refractivity contribution in [3.05, 3.63) is 29.6 Å². The highest BCUT2D eigenvalue weighted by atomic mass is 19.1. The third kappa shape index (κ3) is 3.44. The van der Waals surface area contributed by atoms with Gasteiger partial charge in [-0.1, -0.05) is 6.07 Å². The molecule has 1 saturated carbocycles. The van der Waals surface area contributed by atoms with Crippen LogP contribution in [0.1, 0.15) is 18.4 Å². The molecule has 1 aliphatic rings. The number of methoxy groups -OCH3 is 1. The second-order valence-electron chi connectivity index (χ2n) is 4.94. The number of ether oxygens (including phenoxy) is 1. The zero-order valence-corrected chi connectivity index (χ0v) is 11.0. The third-order valence-electron chi connectivity index (χ3n) is 3.47. The number of benzene rings is 1. The van der Waals surface area contributed by atoms with E-state index in [1.54, 1.807) is 12.1 Å². The normalized spacial score (nSPS) is 21.6. The molecule has 0 aromatic heterocycles. The molecule has 5 heteroatoms. The maximum atomic E-state index is 13.4. The molecule has 104 valence electrons. The number of halogens is 1. The zero-order chi connectivity index (χ0) is 13.8. The average Bonchev–Trinajstić information content (AvgIpc) is 2.35. The Morgan fingerprint density at radius 1 is 1.53 bits per heavy atom. The Kier molecular flexibility index (Phi) is 4.37. The lowest BCUT2D eigenvalue weighted by molar-refractivity contribution is -0.127. The number of hydrogen-bond acceptors (Lipinski definition) is 3. The largest absolute Gasteiger partial charge is 0.494 e. The van der Waals surface area contributed by atoms with E-state index >= 15 is 0 Å². The van der Waals surface area contributed by atoms with Crippen molar-refractivity contribution >= 4 is 5.91 Å². The zero-order valence-electron chi connectivity index (χ0n) is 11.0. The molecule has 0 heterocycles. The summed E-state index contributed by atoms with van der Waals surface area (Å²) in [6.07, 6.45) is 2.14. The van der Waals surface area contributed by atoms with Crippen LogP contribution in [0.15, 0.2) is 18.2 Å². The van der Waals surface area contributed by atoms with Crippen molar-refractivity contribution in [2.75, 3.05) is 13.7 Å². The SMILES string of the molecule is COc1ccc(CCNC(=O)C2CC(N)C2)cc1F. The van der Waals surface area contributed by atoms with Crippen LogP contribution in [0.25, 0.3) is 0 Å². The van der Waals surface area contributed by atoms with Gasteiger partial charge < -0.3 is 15.8 Å². The Morgan fingerprint density at radius 3 is 2.84 bits per heavy atom. The molecule has 2 rings (SSSR count). The number of rotatable bonds is 5. The van der Waals surface area contributed by atoms with Gasteiger partial charge in [-0.3, -0.25) is 4.79 Å². The molecular formula is C14H19FN2O2. The summed E-state index contributed by atoms with van der Waals surface area (Å²) < 4.78 is 18.3. The van der Waals surface area contributed by atoms with Crippen molar-refractivity contribution in [2.45, 2.75) is 25.3 Å². The number of nitrogens with two attached hydrogens (primary N) is 1. The average molecular weight is 266 g/mol. The Morgan fingerprint density at radius 2 is 2.26 bits per heavy atom. The summed E-state index contributed by atoms with van der Waals surface area (Å²) in [5.41, 5.74) is 6.47. The van der Waals surface area contributed by atoms with Gasteiger partial charge in [0, 0.05) is 18.5 Å². The smallest absolute Gasteiger partial charge is 0.223 e. The van der Waals surface area contributed by atoms with E-state index in [4.69, 9.17) is 10.5 Å². The Balaban J connectivity index is 1.76. The van der Waals surface area contributed by atoms with E-state index in [2.05, 4.69) is 5.32 Å². The molecule has 19 heavy (non-hydrogen) atoms. The maximum Gasteiger partial charge on any atom is 0.223 e. The first-order valence-corrected chi connectivity index (χ1v) is 6.46. The van der Waals surface area contributed by atoms with Crippen LogP contribution in [0.4, 0.5) is 4.39 Å². The first kappa shape index (κ1) is 13.8. The van der Waals surface area contributed by atoms with Gasteiger partial charge in [0.15, 0.2) is 11.6 Å².